The number of unbranched alkanes of at least 4 members (excludes halogenated alkanes) is 16. The zero-order valence-electron chi connectivity index (χ0n) is 33.5. The van der Waals surface area contributed by atoms with Crippen molar-refractivity contribution in [2.45, 2.75) is 129 Å². The van der Waals surface area contributed by atoms with Gasteiger partial charge in [0.15, 0.2) is 0 Å². The van der Waals surface area contributed by atoms with E-state index in [1.165, 1.54) is 147 Å². The van der Waals surface area contributed by atoms with Crippen LogP contribution in [0, 0.1) is 0 Å². The lowest BCUT2D eigenvalue weighted by Gasteiger charge is -2.13. The molecule has 5 rings (SSSR count). The molecule has 5 aromatic rings. The number of benzene rings is 5. The van der Waals surface area contributed by atoms with E-state index in [4.69, 9.17) is 9.47 Å². The molecule has 0 N–H and O–H groups in total. The molecule has 0 saturated heterocycles. The topological polar surface area (TPSA) is 18.5 Å². The van der Waals surface area contributed by atoms with Crippen LogP contribution in [0.3, 0.4) is 0 Å². The van der Waals surface area contributed by atoms with Gasteiger partial charge in [0.1, 0.15) is 11.5 Å². The fourth-order valence-corrected chi connectivity index (χ4v) is 7.47. The van der Waals surface area contributed by atoms with Crippen LogP contribution < -0.4 is 9.47 Å². The van der Waals surface area contributed by atoms with Crippen molar-refractivity contribution in [1.82, 2.24) is 0 Å². The minimum absolute atomic E-state index is 0.795. The van der Waals surface area contributed by atoms with Gasteiger partial charge in [-0.2, -0.15) is 0 Å². The zero-order chi connectivity index (χ0) is 37.5. The van der Waals surface area contributed by atoms with Crippen LogP contribution in [0.5, 0.6) is 11.5 Å². The van der Waals surface area contributed by atoms with Crippen molar-refractivity contribution < 1.29 is 9.47 Å². The highest BCUT2D eigenvalue weighted by Crippen LogP contribution is 2.35. The van der Waals surface area contributed by atoms with E-state index < -0.39 is 0 Å². The van der Waals surface area contributed by atoms with Crippen LogP contribution in [0.15, 0.2) is 97.1 Å². The second kappa shape index (κ2) is 24.2. The van der Waals surface area contributed by atoms with Crippen LogP contribution in [-0.4, -0.2) is 13.2 Å². The van der Waals surface area contributed by atoms with Gasteiger partial charge in [0, 0.05) is 0 Å². The van der Waals surface area contributed by atoms with Crippen molar-refractivity contribution in [3.63, 3.8) is 0 Å². The average Bonchev–Trinajstić information content (AvgIpc) is 3.21. The summed E-state index contributed by atoms with van der Waals surface area (Å²) in [7, 11) is 0. The monoisotopic (exact) mass is 723 g/mol. The third-order valence-corrected chi connectivity index (χ3v) is 10.7. The van der Waals surface area contributed by atoms with Gasteiger partial charge < -0.3 is 9.47 Å². The summed E-state index contributed by atoms with van der Waals surface area (Å²) in [6.45, 7) is 6.15. The highest BCUT2D eigenvalue weighted by atomic mass is 16.5. The van der Waals surface area contributed by atoms with Crippen molar-refractivity contribution in [3.8, 4) is 11.5 Å². The Morgan fingerprint density at radius 3 is 0.944 bits per heavy atom. The molecule has 0 unspecified atom stereocenters. The Morgan fingerprint density at radius 2 is 0.630 bits per heavy atom. The molecule has 0 radical (unpaired) electrons. The molecule has 0 aliphatic carbocycles. The molecule has 0 fully saturated rings. The van der Waals surface area contributed by atoms with Crippen molar-refractivity contribution in [2.24, 2.45) is 0 Å². The molecule has 0 aliphatic heterocycles. The molecular weight excluding hydrogens is 657 g/mol. The Hall–Kier alpha value is -4.30. The highest BCUT2D eigenvalue weighted by molar-refractivity contribution is 6.14. The third kappa shape index (κ3) is 13.5. The molecule has 2 heteroatoms. The number of hydrogen-bond acceptors (Lipinski definition) is 2. The van der Waals surface area contributed by atoms with E-state index in [-0.39, 0.29) is 0 Å². The van der Waals surface area contributed by atoms with Gasteiger partial charge in [0.05, 0.1) is 13.2 Å². The molecule has 0 atom stereocenters. The van der Waals surface area contributed by atoms with Gasteiger partial charge in [-0.1, -0.05) is 214 Å². The van der Waals surface area contributed by atoms with Crippen LogP contribution in [0.2, 0.25) is 0 Å². The summed E-state index contributed by atoms with van der Waals surface area (Å²) in [4.78, 5) is 0. The van der Waals surface area contributed by atoms with Crippen LogP contribution >= 0.6 is 0 Å². The lowest BCUT2D eigenvalue weighted by atomic mass is 9.91. The molecule has 2 nitrogen and oxygen atoms in total. The van der Waals surface area contributed by atoms with Gasteiger partial charge in [-0.3, -0.25) is 0 Å². The summed E-state index contributed by atoms with van der Waals surface area (Å²) in [5.41, 5.74) is 4.83. The zero-order valence-corrected chi connectivity index (χ0v) is 33.5. The van der Waals surface area contributed by atoms with Crippen LogP contribution in [0.25, 0.3) is 45.8 Å². The van der Waals surface area contributed by atoms with Crippen LogP contribution in [0.1, 0.15) is 152 Å². The molecule has 54 heavy (non-hydrogen) atoms. The Balaban J connectivity index is 1.16. The fourth-order valence-electron chi connectivity index (χ4n) is 7.47. The van der Waals surface area contributed by atoms with Gasteiger partial charge >= 0.3 is 0 Å². The maximum atomic E-state index is 6.08. The predicted molar refractivity (Wildman–Crippen MR) is 238 cm³/mol. The number of fused-ring (bicyclic) bond motifs is 2. The molecule has 0 saturated carbocycles. The third-order valence-electron chi connectivity index (χ3n) is 10.7. The quantitative estimate of drug-likeness (QED) is 0.0321. The number of hydrogen-bond donors (Lipinski definition) is 0. The molecule has 0 heterocycles. The molecule has 0 bridgehead atoms. The van der Waals surface area contributed by atoms with E-state index in [1.54, 1.807) is 0 Å². The maximum Gasteiger partial charge on any atom is 0.119 e. The smallest absolute Gasteiger partial charge is 0.119 e. The van der Waals surface area contributed by atoms with Gasteiger partial charge in [-0.05, 0) is 80.9 Å². The summed E-state index contributed by atoms with van der Waals surface area (Å²) in [6, 6.07) is 34.7. The van der Waals surface area contributed by atoms with Gasteiger partial charge in [-0.15, -0.1) is 0 Å². The molecule has 0 aliphatic rings. The Labute approximate surface area is 327 Å². The lowest BCUT2D eigenvalue weighted by Crippen LogP contribution is -1.97. The summed E-state index contributed by atoms with van der Waals surface area (Å²) in [5.74, 6) is 1.91. The molecule has 0 amide bonds. The lowest BCUT2D eigenvalue weighted by molar-refractivity contribution is 0.304. The van der Waals surface area contributed by atoms with E-state index in [0.717, 1.165) is 37.6 Å². The van der Waals surface area contributed by atoms with E-state index in [9.17, 15) is 0 Å². The van der Waals surface area contributed by atoms with Gasteiger partial charge in [-0.25, -0.2) is 0 Å². The van der Waals surface area contributed by atoms with E-state index >= 15 is 0 Å². The molecule has 286 valence electrons. The highest BCUT2D eigenvalue weighted by Gasteiger charge is 2.11. The van der Waals surface area contributed by atoms with Crippen molar-refractivity contribution in [3.05, 3.63) is 119 Å². The minimum atomic E-state index is 0.795. The first-order valence-electron chi connectivity index (χ1n) is 21.5. The largest absolute Gasteiger partial charge is 0.494 e. The Bertz CT molecular complexity index is 1640. The number of rotatable bonds is 26. The SMILES string of the molecule is CCCCCCCCCCCOc1ccc(/C=C/c2c3ccccc3c(/C=C/c3ccc(OCCCCCCCCCCC)cc3)c3ccccc23)cc1. The summed E-state index contributed by atoms with van der Waals surface area (Å²) in [5, 5.41) is 5.03. The Kier molecular flexibility index (Phi) is 18.3. The minimum Gasteiger partial charge on any atom is -0.494 e. The van der Waals surface area contributed by atoms with E-state index in [0.29, 0.717) is 0 Å². The first-order chi connectivity index (χ1) is 26.8. The average molecular weight is 723 g/mol. The number of ether oxygens (including phenoxy) is 2. The summed E-state index contributed by atoms with van der Waals surface area (Å²) in [6.07, 6.45) is 32.9. The first kappa shape index (κ1) is 40.9. The first-order valence-corrected chi connectivity index (χ1v) is 21.5. The maximum absolute atomic E-state index is 6.08. The molecule has 5 aromatic carbocycles. The van der Waals surface area contributed by atoms with E-state index in [2.05, 4.69) is 135 Å². The normalized spacial score (nSPS) is 11.7. The summed E-state index contributed by atoms with van der Waals surface area (Å²) >= 11 is 0. The van der Waals surface area contributed by atoms with Crippen LogP contribution in [-0.2, 0) is 0 Å². The molecule has 0 spiro atoms. The van der Waals surface area contributed by atoms with Crippen LogP contribution in [0.4, 0.5) is 0 Å². The standard InChI is InChI=1S/C52H66O2/c1-3-5-7-9-11-13-15-17-23-41-53-45-35-29-43(30-36-45)33-39-51-47-25-19-21-27-49(47)52(50-28-22-20-26-48(50)51)40-34-44-31-37-46(38-32-44)54-42-24-18-16-14-12-10-8-6-4-2/h19-22,25-40H,3-18,23-24,41-42H2,1-2H3/b39-33+,40-34+. The Morgan fingerprint density at radius 1 is 0.333 bits per heavy atom. The second-order valence-electron chi connectivity index (χ2n) is 15.1. The molecule has 0 aromatic heterocycles. The predicted octanol–water partition coefficient (Wildman–Crippen LogP) is 16.2. The van der Waals surface area contributed by atoms with Gasteiger partial charge in [0.2, 0.25) is 0 Å². The van der Waals surface area contributed by atoms with E-state index in [1.807, 2.05) is 0 Å². The molecular formula is C52H66O2. The van der Waals surface area contributed by atoms with Crippen molar-refractivity contribution >= 4 is 45.8 Å². The summed E-state index contributed by atoms with van der Waals surface area (Å²) < 4.78 is 12.2. The van der Waals surface area contributed by atoms with Crippen molar-refractivity contribution in [1.29, 1.82) is 0 Å². The fraction of sp³-hybridized carbons (Fsp3) is 0.423. The van der Waals surface area contributed by atoms with Gasteiger partial charge in [0.25, 0.3) is 0 Å². The van der Waals surface area contributed by atoms with Crippen molar-refractivity contribution in [2.75, 3.05) is 13.2 Å². The second-order valence-corrected chi connectivity index (χ2v) is 15.1.